The van der Waals surface area contributed by atoms with Crippen molar-refractivity contribution in [3.05, 3.63) is 39.9 Å². The van der Waals surface area contributed by atoms with Crippen LogP contribution in [0.1, 0.15) is 24.2 Å². The molecule has 0 atom stereocenters. The van der Waals surface area contributed by atoms with Crippen molar-refractivity contribution in [2.24, 2.45) is 5.92 Å². The fraction of sp³-hybridized carbons (Fsp3) is 0.333. The van der Waals surface area contributed by atoms with E-state index in [4.69, 9.17) is 0 Å². The molecule has 6 nitrogen and oxygen atoms in total. The lowest BCUT2D eigenvalue weighted by molar-refractivity contribution is -0.384. The fourth-order valence-electron chi connectivity index (χ4n) is 1.21. The zero-order valence-electron chi connectivity index (χ0n) is 10.2. The largest absolute Gasteiger partial charge is 0.345 e. The SMILES string of the molecule is CC(C)C(=O)CNC(=O)c1ccc([N+](=O)[O-])cc1. The molecule has 18 heavy (non-hydrogen) atoms. The average molecular weight is 250 g/mol. The third kappa shape index (κ3) is 3.65. The summed E-state index contributed by atoms with van der Waals surface area (Å²) in [5, 5.41) is 12.9. The molecule has 1 aromatic carbocycles. The Labute approximate surface area is 104 Å². The summed E-state index contributed by atoms with van der Waals surface area (Å²) in [6.45, 7) is 3.47. The highest BCUT2D eigenvalue weighted by Crippen LogP contribution is 2.11. The summed E-state index contributed by atoms with van der Waals surface area (Å²) >= 11 is 0. The van der Waals surface area contributed by atoms with Gasteiger partial charge in [-0.1, -0.05) is 13.8 Å². The van der Waals surface area contributed by atoms with Crippen LogP contribution in [-0.4, -0.2) is 23.2 Å². The Morgan fingerprint density at radius 3 is 2.28 bits per heavy atom. The van der Waals surface area contributed by atoms with Crippen LogP contribution >= 0.6 is 0 Å². The Morgan fingerprint density at radius 2 is 1.83 bits per heavy atom. The molecule has 0 spiro atoms. The molecule has 0 fully saturated rings. The first-order valence-corrected chi connectivity index (χ1v) is 5.47. The molecule has 6 heteroatoms. The average Bonchev–Trinajstić information content (AvgIpc) is 2.35. The third-order valence-electron chi connectivity index (χ3n) is 2.41. The lowest BCUT2D eigenvalue weighted by Gasteiger charge is -2.06. The van der Waals surface area contributed by atoms with E-state index in [0.717, 1.165) is 0 Å². The van der Waals surface area contributed by atoms with Crippen LogP contribution in [0.15, 0.2) is 24.3 Å². The van der Waals surface area contributed by atoms with E-state index in [1.807, 2.05) is 0 Å². The van der Waals surface area contributed by atoms with Gasteiger partial charge in [0.15, 0.2) is 5.78 Å². The van der Waals surface area contributed by atoms with Crippen molar-refractivity contribution in [3.8, 4) is 0 Å². The molecule has 0 saturated carbocycles. The number of rotatable bonds is 5. The van der Waals surface area contributed by atoms with Crippen LogP contribution < -0.4 is 5.32 Å². The van der Waals surface area contributed by atoms with Gasteiger partial charge in [0.2, 0.25) is 0 Å². The molecule has 96 valence electrons. The zero-order chi connectivity index (χ0) is 13.7. The van der Waals surface area contributed by atoms with Crippen LogP contribution in [-0.2, 0) is 4.79 Å². The summed E-state index contributed by atoms with van der Waals surface area (Å²) in [5.74, 6) is -0.619. The predicted molar refractivity (Wildman–Crippen MR) is 65.3 cm³/mol. The lowest BCUT2D eigenvalue weighted by atomic mass is 10.1. The molecule has 1 rings (SSSR count). The normalized spacial score (nSPS) is 10.2. The molecule has 0 heterocycles. The number of non-ortho nitro benzene ring substituents is 1. The highest BCUT2D eigenvalue weighted by molar-refractivity contribution is 5.97. The monoisotopic (exact) mass is 250 g/mol. The summed E-state index contributed by atoms with van der Waals surface area (Å²) in [6.07, 6.45) is 0. The van der Waals surface area contributed by atoms with Crippen LogP contribution in [0.4, 0.5) is 5.69 Å². The van der Waals surface area contributed by atoms with E-state index in [0.29, 0.717) is 0 Å². The maximum Gasteiger partial charge on any atom is 0.269 e. The summed E-state index contributed by atoms with van der Waals surface area (Å²) < 4.78 is 0. The molecule has 0 aliphatic heterocycles. The van der Waals surface area contributed by atoms with Gasteiger partial charge in [-0.3, -0.25) is 19.7 Å². The summed E-state index contributed by atoms with van der Waals surface area (Å²) in [4.78, 5) is 32.8. The second-order valence-corrected chi connectivity index (χ2v) is 4.11. The number of nitrogens with zero attached hydrogens (tertiary/aromatic N) is 1. The van der Waals surface area contributed by atoms with E-state index < -0.39 is 10.8 Å². The summed E-state index contributed by atoms with van der Waals surface area (Å²) in [5.41, 5.74) is 0.210. The van der Waals surface area contributed by atoms with Gasteiger partial charge in [-0.05, 0) is 12.1 Å². The van der Waals surface area contributed by atoms with E-state index in [1.54, 1.807) is 13.8 Å². The number of benzene rings is 1. The Hall–Kier alpha value is -2.24. The number of hydrogen-bond acceptors (Lipinski definition) is 4. The molecule has 0 bridgehead atoms. The van der Waals surface area contributed by atoms with Gasteiger partial charge in [0.25, 0.3) is 11.6 Å². The minimum absolute atomic E-state index is 0.0342. The minimum Gasteiger partial charge on any atom is -0.345 e. The first kappa shape index (κ1) is 13.8. The zero-order valence-corrected chi connectivity index (χ0v) is 10.2. The molecule has 1 N–H and O–H groups in total. The molecule has 0 aliphatic rings. The van der Waals surface area contributed by atoms with Gasteiger partial charge in [0, 0.05) is 23.6 Å². The molecule has 0 radical (unpaired) electrons. The van der Waals surface area contributed by atoms with Gasteiger partial charge >= 0.3 is 0 Å². The fourth-order valence-corrected chi connectivity index (χ4v) is 1.21. The molecular weight excluding hydrogens is 236 g/mol. The van der Waals surface area contributed by atoms with Gasteiger partial charge < -0.3 is 5.32 Å². The third-order valence-corrected chi connectivity index (χ3v) is 2.41. The number of nitro groups is 1. The number of nitrogens with one attached hydrogen (secondary N) is 1. The number of carbonyl (C=O) groups excluding carboxylic acids is 2. The van der Waals surface area contributed by atoms with E-state index in [1.165, 1.54) is 24.3 Å². The molecule has 0 saturated heterocycles. The second-order valence-electron chi connectivity index (χ2n) is 4.11. The topological polar surface area (TPSA) is 89.3 Å². The number of ketones is 1. The van der Waals surface area contributed by atoms with E-state index in [9.17, 15) is 19.7 Å². The molecule has 0 unspecified atom stereocenters. The van der Waals surface area contributed by atoms with Gasteiger partial charge in [-0.25, -0.2) is 0 Å². The van der Waals surface area contributed by atoms with Crippen molar-refractivity contribution >= 4 is 17.4 Å². The van der Waals surface area contributed by atoms with Crippen molar-refractivity contribution < 1.29 is 14.5 Å². The van der Waals surface area contributed by atoms with Crippen molar-refractivity contribution in [2.45, 2.75) is 13.8 Å². The van der Waals surface area contributed by atoms with Gasteiger partial charge in [0.05, 0.1) is 11.5 Å². The quantitative estimate of drug-likeness (QED) is 0.634. The number of nitro benzene ring substituents is 1. The van der Waals surface area contributed by atoms with Crippen molar-refractivity contribution in [3.63, 3.8) is 0 Å². The molecule has 1 aromatic rings. The Kier molecular flexibility index (Phi) is 4.53. The Morgan fingerprint density at radius 1 is 1.28 bits per heavy atom. The van der Waals surface area contributed by atoms with Crippen molar-refractivity contribution in [1.82, 2.24) is 5.32 Å². The molecule has 1 amide bonds. The highest BCUT2D eigenvalue weighted by atomic mass is 16.6. The summed E-state index contributed by atoms with van der Waals surface area (Å²) in [6, 6.07) is 5.21. The summed E-state index contributed by atoms with van der Waals surface area (Å²) in [7, 11) is 0. The van der Waals surface area contributed by atoms with E-state index >= 15 is 0 Å². The van der Waals surface area contributed by atoms with E-state index in [-0.39, 0.29) is 29.5 Å². The van der Waals surface area contributed by atoms with Crippen molar-refractivity contribution in [1.29, 1.82) is 0 Å². The number of hydrogen-bond donors (Lipinski definition) is 1. The molecular formula is C12H14N2O4. The highest BCUT2D eigenvalue weighted by Gasteiger charge is 2.12. The standard InChI is InChI=1S/C12H14N2O4/c1-8(2)11(15)7-13-12(16)9-3-5-10(6-4-9)14(17)18/h3-6,8H,7H2,1-2H3,(H,13,16). The van der Waals surface area contributed by atoms with Crippen LogP contribution in [0.3, 0.4) is 0 Å². The lowest BCUT2D eigenvalue weighted by Crippen LogP contribution is -2.31. The van der Waals surface area contributed by atoms with Crippen LogP contribution in [0.2, 0.25) is 0 Å². The Balaban J connectivity index is 2.62. The predicted octanol–water partition coefficient (Wildman–Crippen LogP) is 1.55. The maximum atomic E-state index is 11.6. The van der Waals surface area contributed by atoms with Crippen LogP contribution in [0.25, 0.3) is 0 Å². The molecule has 0 aliphatic carbocycles. The number of carbonyl (C=O) groups is 2. The van der Waals surface area contributed by atoms with Gasteiger partial charge in [-0.2, -0.15) is 0 Å². The number of amides is 1. The van der Waals surface area contributed by atoms with Gasteiger partial charge in [0.1, 0.15) is 0 Å². The number of Topliss-reactive ketones (excluding diaryl/α,β-unsaturated/α-hetero) is 1. The molecule has 0 aromatic heterocycles. The van der Waals surface area contributed by atoms with E-state index in [2.05, 4.69) is 5.32 Å². The Bertz CT molecular complexity index is 465. The smallest absolute Gasteiger partial charge is 0.269 e. The first-order valence-electron chi connectivity index (χ1n) is 5.47. The van der Waals surface area contributed by atoms with Crippen molar-refractivity contribution in [2.75, 3.05) is 6.54 Å². The van der Waals surface area contributed by atoms with Gasteiger partial charge in [-0.15, -0.1) is 0 Å². The minimum atomic E-state index is -0.538. The first-order chi connectivity index (χ1) is 8.41. The van der Waals surface area contributed by atoms with Crippen LogP contribution in [0, 0.1) is 16.0 Å². The maximum absolute atomic E-state index is 11.6. The van der Waals surface area contributed by atoms with Crippen LogP contribution in [0.5, 0.6) is 0 Å². The second kappa shape index (κ2) is 5.90.